The first-order chi connectivity index (χ1) is 13.6. The molecule has 0 saturated carbocycles. The fraction of sp³-hybridized carbons (Fsp3) is 0.381. The van der Waals surface area contributed by atoms with Crippen LogP contribution in [0.2, 0.25) is 0 Å². The highest BCUT2D eigenvalue weighted by Crippen LogP contribution is 2.24. The van der Waals surface area contributed by atoms with Gasteiger partial charge in [0, 0.05) is 42.3 Å². The predicted molar refractivity (Wildman–Crippen MR) is 112 cm³/mol. The topological polar surface area (TPSA) is 63.1 Å². The smallest absolute Gasteiger partial charge is 0.270 e. The van der Waals surface area contributed by atoms with Crippen LogP contribution in [0.5, 0.6) is 0 Å². The summed E-state index contributed by atoms with van der Waals surface area (Å²) in [4.78, 5) is 19.6. The molecule has 1 aromatic carbocycles. The molecule has 0 radical (unpaired) electrons. The van der Waals surface area contributed by atoms with Gasteiger partial charge in [-0.1, -0.05) is 18.2 Å². The second-order valence-electron chi connectivity index (χ2n) is 7.42. The number of carbonyl (C=O) groups is 1. The number of thiazole rings is 1. The number of benzene rings is 1. The predicted octanol–water partition coefficient (Wildman–Crippen LogP) is 3.60. The third-order valence-corrected chi connectivity index (χ3v) is 6.07. The van der Waals surface area contributed by atoms with Gasteiger partial charge in [-0.05, 0) is 38.8 Å². The summed E-state index contributed by atoms with van der Waals surface area (Å²) in [6, 6.07) is 10.7. The Morgan fingerprint density at radius 3 is 2.68 bits per heavy atom. The van der Waals surface area contributed by atoms with Crippen molar-refractivity contribution < 1.29 is 4.79 Å². The van der Waals surface area contributed by atoms with E-state index in [0.29, 0.717) is 11.7 Å². The van der Waals surface area contributed by atoms with Gasteiger partial charge in [0.05, 0.1) is 11.9 Å². The van der Waals surface area contributed by atoms with Crippen LogP contribution in [-0.4, -0.2) is 50.7 Å². The molecule has 1 N–H and O–H groups in total. The van der Waals surface area contributed by atoms with Crippen LogP contribution < -0.4 is 5.32 Å². The zero-order valence-corrected chi connectivity index (χ0v) is 17.0. The number of nitrogens with one attached hydrogen (secondary N) is 1. The molecule has 0 atom stereocenters. The first kappa shape index (κ1) is 18.8. The molecular weight excluding hydrogens is 370 g/mol. The third kappa shape index (κ3) is 4.15. The molecule has 146 valence electrons. The minimum absolute atomic E-state index is 0.0825. The van der Waals surface area contributed by atoms with Crippen molar-refractivity contribution in [1.82, 2.24) is 25.0 Å². The molecule has 1 amide bonds. The van der Waals surface area contributed by atoms with Gasteiger partial charge >= 0.3 is 0 Å². The zero-order chi connectivity index (χ0) is 19.5. The van der Waals surface area contributed by atoms with Crippen molar-refractivity contribution in [3.63, 3.8) is 0 Å². The zero-order valence-electron chi connectivity index (χ0n) is 16.2. The van der Waals surface area contributed by atoms with E-state index in [4.69, 9.17) is 0 Å². The van der Waals surface area contributed by atoms with Crippen molar-refractivity contribution in [1.29, 1.82) is 0 Å². The average Bonchev–Trinajstić information content (AvgIpc) is 3.39. The molecule has 3 heterocycles. The second-order valence-corrected chi connectivity index (χ2v) is 8.28. The van der Waals surface area contributed by atoms with Crippen molar-refractivity contribution in [3.05, 3.63) is 53.8 Å². The number of likely N-dealkylation sites (tertiary alicyclic amines) is 1. The SMILES string of the molecule is CC(C)N1CCC(NC(=O)c2csc(-c3cnn(-c4ccccc4)c3)n2)CC1. The van der Waals surface area contributed by atoms with Gasteiger partial charge in [0.15, 0.2) is 0 Å². The number of aromatic nitrogens is 3. The number of piperidine rings is 1. The van der Waals surface area contributed by atoms with Crippen molar-refractivity contribution in [2.75, 3.05) is 13.1 Å². The monoisotopic (exact) mass is 395 g/mol. The van der Waals surface area contributed by atoms with Crippen LogP contribution in [0.25, 0.3) is 16.3 Å². The lowest BCUT2D eigenvalue weighted by Gasteiger charge is -2.34. The minimum Gasteiger partial charge on any atom is -0.348 e. The normalized spacial score (nSPS) is 15.8. The molecule has 6 nitrogen and oxygen atoms in total. The van der Waals surface area contributed by atoms with Gasteiger partial charge in [-0.25, -0.2) is 9.67 Å². The molecule has 28 heavy (non-hydrogen) atoms. The van der Waals surface area contributed by atoms with Crippen LogP contribution in [0.4, 0.5) is 0 Å². The van der Waals surface area contributed by atoms with Crippen LogP contribution in [-0.2, 0) is 0 Å². The van der Waals surface area contributed by atoms with E-state index >= 15 is 0 Å². The molecule has 3 aromatic rings. The van der Waals surface area contributed by atoms with Gasteiger partial charge in [-0.2, -0.15) is 5.10 Å². The summed E-state index contributed by atoms with van der Waals surface area (Å²) in [5.74, 6) is -0.0825. The number of amides is 1. The first-order valence-electron chi connectivity index (χ1n) is 9.71. The van der Waals surface area contributed by atoms with Crippen LogP contribution in [0.1, 0.15) is 37.2 Å². The Hall–Kier alpha value is -2.51. The van der Waals surface area contributed by atoms with E-state index in [-0.39, 0.29) is 11.9 Å². The highest BCUT2D eigenvalue weighted by atomic mass is 32.1. The summed E-state index contributed by atoms with van der Waals surface area (Å²) < 4.78 is 1.82. The Morgan fingerprint density at radius 2 is 1.96 bits per heavy atom. The van der Waals surface area contributed by atoms with E-state index in [9.17, 15) is 4.79 Å². The second kappa shape index (κ2) is 8.24. The number of nitrogens with zero attached hydrogens (tertiary/aromatic N) is 4. The molecule has 1 aliphatic heterocycles. The molecule has 0 aliphatic carbocycles. The Labute approximate surface area is 169 Å². The summed E-state index contributed by atoms with van der Waals surface area (Å²) in [6.45, 7) is 6.50. The molecule has 0 unspecified atom stereocenters. The van der Waals surface area contributed by atoms with E-state index in [1.54, 1.807) is 6.20 Å². The fourth-order valence-electron chi connectivity index (χ4n) is 3.49. The van der Waals surface area contributed by atoms with Gasteiger partial charge < -0.3 is 10.2 Å². The Bertz CT molecular complexity index is 925. The van der Waals surface area contributed by atoms with Gasteiger partial charge in [0.2, 0.25) is 0 Å². The van der Waals surface area contributed by atoms with Crippen molar-refractivity contribution in [2.24, 2.45) is 0 Å². The first-order valence-corrected chi connectivity index (χ1v) is 10.6. The van der Waals surface area contributed by atoms with Crippen LogP contribution in [0.3, 0.4) is 0 Å². The van der Waals surface area contributed by atoms with E-state index in [2.05, 4.69) is 34.1 Å². The van der Waals surface area contributed by atoms with Crippen LogP contribution >= 0.6 is 11.3 Å². The number of para-hydroxylation sites is 1. The van der Waals surface area contributed by atoms with Gasteiger partial charge in [0.25, 0.3) is 5.91 Å². The maximum Gasteiger partial charge on any atom is 0.270 e. The van der Waals surface area contributed by atoms with Crippen LogP contribution in [0, 0.1) is 0 Å². The highest BCUT2D eigenvalue weighted by Gasteiger charge is 2.23. The summed E-state index contributed by atoms with van der Waals surface area (Å²) in [5.41, 5.74) is 2.40. The Balaban J connectivity index is 1.39. The molecule has 1 saturated heterocycles. The Kier molecular flexibility index (Phi) is 5.54. The maximum absolute atomic E-state index is 12.6. The van der Waals surface area contributed by atoms with E-state index in [0.717, 1.165) is 42.2 Å². The quantitative estimate of drug-likeness (QED) is 0.717. The number of hydrogen-bond donors (Lipinski definition) is 1. The van der Waals surface area contributed by atoms with Crippen molar-refractivity contribution in [3.8, 4) is 16.3 Å². The van der Waals surface area contributed by atoms with Gasteiger partial charge in [-0.3, -0.25) is 4.79 Å². The highest BCUT2D eigenvalue weighted by molar-refractivity contribution is 7.13. The summed E-state index contributed by atoms with van der Waals surface area (Å²) >= 11 is 1.47. The third-order valence-electron chi connectivity index (χ3n) is 5.18. The van der Waals surface area contributed by atoms with Gasteiger partial charge in [-0.15, -0.1) is 11.3 Å². The molecule has 0 spiro atoms. The lowest BCUT2D eigenvalue weighted by atomic mass is 10.0. The molecule has 4 rings (SSSR count). The minimum atomic E-state index is -0.0825. The fourth-order valence-corrected chi connectivity index (χ4v) is 4.26. The number of carbonyl (C=O) groups excluding carboxylic acids is 1. The lowest BCUT2D eigenvalue weighted by molar-refractivity contribution is 0.0896. The molecule has 0 bridgehead atoms. The Morgan fingerprint density at radius 1 is 1.21 bits per heavy atom. The largest absolute Gasteiger partial charge is 0.348 e. The van der Waals surface area contributed by atoms with E-state index < -0.39 is 0 Å². The standard InChI is InChI=1S/C21H25N5OS/c1-15(2)25-10-8-17(9-11-25)23-20(27)19-14-28-21(24-19)16-12-22-26(13-16)18-6-4-3-5-7-18/h3-7,12-15,17H,8-11H2,1-2H3,(H,23,27). The molecule has 1 aliphatic rings. The molecule has 1 fully saturated rings. The molecule has 2 aromatic heterocycles. The number of rotatable bonds is 5. The van der Waals surface area contributed by atoms with Crippen molar-refractivity contribution >= 4 is 17.2 Å². The average molecular weight is 396 g/mol. The summed E-state index contributed by atoms with van der Waals surface area (Å²) in [7, 11) is 0. The van der Waals surface area contributed by atoms with Crippen molar-refractivity contribution in [2.45, 2.75) is 38.8 Å². The molecular formula is C21H25N5OS. The van der Waals surface area contributed by atoms with E-state index in [1.807, 2.05) is 46.6 Å². The van der Waals surface area contributed by atoms with Crippen LogP contribution in [0.15, 0.2) is 48.1 Å². The maximum atomic E-state index is 12.6. The lowest BCUT2D eigenvalue weighted by Crippen LogP contribution is -2.46. The summed E-state index contributed by atoms with van der Waals surface area (Å²) in [6.07, 6.45) is 5.71. The number of hydrogen-bond acceptors (Lipinski definition) is 5. The molecule has 7 heteroatoms. The van der Waals surface area contributed by atoms with E-state index in [1.165, 1.54) is 11.3 Å². The van der Waals surface area contributed by atoms with Gasteiger partial charge in [0.1, 0.15) is 10.7 Å². The summed E-state index contributed by atoms with van der Waals surface area (Å²) in [5, 5.41) is 10.2.